The Kier molecular flexibility index (Phi) is 7.44. The van der Waals surface area contributed by atoms with Gasteiger partial charge in [0.25, 0.3) is 0 Å². The minimum absolute atomic E-state index is 0.113. The van der Waals surface area contributed by atoms with E-state index in [2.05, 4.69) is 13.8 Å². The van der Waals surface area contributed by atoms with Crippen LogP contribution in [0.5, 0.6) is 0 Å². The molecule has 1 saturated carbocycles. The Morgan fingerprint density at radius 3 is 2.48 bits per heavy atom. The van der Waals surface area contributed by atoms with Crippen molar-refractivity contribution in [1.29, 1.82) is 0 Å². The average molecular weight is 439 g/mol. The summed E-state index contributed by atoms with van der Waals surface area (Å²) in [4.78, 5) is 24.8. The van der Waals surface area contributed by atoms with Crippen molar-refractivity contribution in [2.75, 3.05) is 6.61 Å². The lowest BCUT2D eigenvalue weighted by molar-refractivity contribution is -0.570. The molecule has 5 fully saturated rings. The number of Topliss-reactive ketones (excluding diaryl/α,β-unsaturated/α-hetero) is 1. The van der Waals surface area contributed by atoms with Gasteiger partial charge in [0.15, 0.2) is 11.9 Å². The Labute approximate surface area is 187 Å². The first kappa shape index (κ1) is 23.6. The molecule has 6 heteroatoms. The van der Waals surface area contributed by atoms with Gasteiger partial charge in [-0.05, 0) is 56.8 Å². The lowest BCUT2D eigenvalue weighted by atomic mass is 9.57. The molecule has 0 aromatic heterocycles. The van der Waals surface area contributed by atoms with E-state index in [0.29, 0.717) is 36.4 Å². The second-order valence-corrected chi connectivity index (χ2v) is 10.8. The van der Waals surface area contributed by atoms with Crippen molar-refractivity contribution in [1.82, 2.24) is 0 Å². The molecule has 1 N–H and O–H groups in total. The minimum Gasteiger partial charge on any atom is -0.396 e. The van der Waals surface area contributed by atoms with Crippen LogP contribution in [0.4, 0.5) is 0 Å². The summed E-state index contributed by atoms with van der Waals surface area (Å²) in [5.41, 5.74) is -0.540. The highest BCUT2D eigenvalue weighted by molar-refractivity contribution is 5.78. The van der Waals surface area contributed by atoms with Crippen LogP contribution in [-0.4, -0.2) is 41.3 Å². The van der Waals surface area contributed by atoms with E-state index in [1.165, 1.54) is 6.42 Å². The van der Waals surface area contributed by atoms with Gasteiger partial charge in [-0.1, -0.05) is 39.5 Å². The number of rotatable bonds is 10. The summed E-state index contributed by atoms with van der Waals surface area (Å²) in [7, 11) is 0. The van der Waals surface area contributed by atoms with E-state index in [1.54, 1.807) is 0 Å². The van der Waals surface area contributed by atoms with Crippen LogP contribution in [0.15, 0.2) is 0 Å². The van der Waals surface area contributed by atoms with Crippen molar-refractivity contribution in [2.24, 2.45) is 23.7 Å². The third-order valence-corrected chi connectivity index (χ3v) is 8.59. The molecule has 178 valence electrons. The SMILES string of the molecule is C[C@H]1[C@@H](CC(=O)CCCCCCCCO)O[C@@H]2O[C@@]3(C)CC[C@H]4[C@H](C)CC[C@@H]1[C@@]24OO3. The number of carbonyl (C=O) groups excluding carboxylic acids is 1. The van der Waals surface area contributed by atoms with E-state index in [4.69, 9.17) is 24.4 Å². The highest BCUT2D eigenvalue weighted by Crippen LogP contribution is 2.60. The van der Waals surface area contributed by atoms with Crippen LogP contribution < -0.4 is 0 Å². The van der Waals surface area contributed by atoms with Crippen molar-refractivity contribution >= 4 is 5.78 Å². The summed E-state index contributed by atoms with van der Waals surface area (Å²) < 4.78 is 12.9. The Morgan fingerprint density at radius 1 is 0.968 bits per heavy atom. The Morgan fingerprint density at radius 2 is 1.71 bits per heavy atom. The van der Waals surface area contributed by atoms with Crippen molar-refractivity contribution in [3.8, 4) is 0 Å². The second kappa shape index (κ2) is 9.76. The number of fused-ring (bicyclic) bond motifs is 2. The molecule has 6 nitrogen and oxygen atoms in total. The maximum Gasteiger partial charge on any atom is 0.201 e. The quantitative estimate of drug-likeness (QED) is 0.385. The summed E-state index contributed by atoms with van der Waals surface area (Å²) in [5.74, 6) is 0.986. The fourth-order valence-electron chi connectivity index (χ4n) is 6.68. The molecule has 8 atom stereocenters. The molecule has 0 radical (unpaired) electrons. The first-order valence-electron chi connectivity index (χ1n) is 12.7. The number of ketones is 1. The molecule has 4 heterocycles. The number of aliphatic hydroxyl groups is 1. The molecule has 0 amide bonds. The number of hydrogen-bond acceptors (Lipinski definition) is 6. The molecule has 0 aromatic rings. The standard InChI is InChI=1S/C25H42O6/c1-17-11-12-21-18(2)22(16-19(27)10-8-6-4-5-7-9-15-26)28-23-25(21)20(17)13-14-24(3,29-23)30-31-25/h17-18,20-23,26H,4-16H2,1-3H3/t17-,18-,20+,21+,22-,23-,24-,25-/m1/s1. The van der Waals surface area contributed by atoms with Gasteiger partial charge in [0.2, 0.25) is 5.79 Å². The van der Waals surface area contributed by atoms with Crippen LogP contribution >= 0.6 is 0 Å². The Bertz CT molecular complexity index is 625. The predicted molar refractivity (Wildman–Crippen MR) is 116 cm³/mol. The van der Waals surface area contributed by atoms with Crippen LogP contribution in [0.3, 0.4) is 0 Å². The zero-order valence-electron chi connectivity index (χ0n) is 19.6. The number of carbonyl (C=O) groups is 1. The molecule has 31 heavy (non-hydrogen) atoms. The van der Waals surface area contributed by atoms with Gasteiger partial charge in [0.1, 0.15) is 5.78 Å². The fraction of sp³-hybridized carbons (Fsp3) is 0.960. The van der Waals surface area contributed by atoms with Crippen molar-refractivity contribution in [3.05, 3.63) is 0 Å². The Hall–Kier alpha value is -0.530. The maximum absolute atomic E-state index is 12.8. The van der Waals surface area contributed by atoms with Gasteiger partial charge < -0.3 is 14.6 Å². The molecule has 0 unspecified atom stereocenters. The number of unbranched alkanes of at least 4 members (excludes halogenated alkanes) is 5. The third kappa shape index (κ3) is 4.61. The monoisotopic (exact) mass is 438 g/mol. The normalized spacial score (nSPS) is 44.0. The van der Waals surface area contributed by atoms with E-state index in [1.807, 2.05) is 6.92 Å². The van der Waals surface area contributed by atoms with Crippen LogP contribution in [0.25, 0.3) is 0 Å². The zero-order chi connectivity index (χ0) is 22.1. The molecule has 1 spiro atoms. The fourth-order valence-corrected chi connectivity index (χ4v) is 6.68. The van der Waals surface area contributed by atoms with Crippen LogP contribution in [0.2, 0.25) is 0 Å². The van der Waals surface area contributed by atoms with Crippen LogP contribution in [0, 0.1) is 23.7 Å². The molecule has 5 aliphatic rings. The number of aliphatic hydroxyl groups excluding tert-OH is 1. The van der Waals surface area contributed by atoms with E-state index in [9.17, 15) is 4.79 Å². The van der Waals surface area contributed by atoms with Gasteiger partial charge in [-0.15, -0.1) is 0 Å². The zero-order valence-corrected chi connectivity index (χ0v) is 19.6. The van der Waals surface area contributed by atoms with Crippen molar-refractivity contribution in [2.45, 2.75) is 122 Å². The minimum atomic E-state index is -0.761. The summed E-state index contributed by atoms with van der Waals surface area (Å²) in [6.07, 6.45) is 10.9. The molecular formula is C25H42O6. The Balaban J connectivity index is 1.36. The van der Waals surface area contributed by atoms with Crippen LogP contribution in [0.1, 0.15) is 97.8 Å². The summed E-state index contributed by atoms with van der Waals surface area (Å²) in [6, 6.07) is 0. The number of hydrogen-bond donors (Lipinski definition) is 1. The first-order valence-corrected chi connectivity index (χ1v) is 12.7. The molecule has 5 rings (SSSR count). The average Bonchev–Trinajstić information content (AvgIpc) is 2.97. The number of ether oxygens (including phenoxy) is 2. The lowest BCUT2D eigenvalue weighted by Gasteiger charge is -2.60. The highest BCUT2D eigenvalue weighted by atomic mass is 17.3. The van der Waals surface area contributed by atoms with Gasteiger partial charge in [-0.2, -0.15) is 0 Å². The molecule has 0 aromatic carbocycles. The van der Waals surface area contributed by atoms with Crippen molar-refractivity contribution < 1.29 is 29.1 Å². The lowest BCUT2D eigenvalue weighted by Crippen LogP contribution is -2.70. The second-order valence-electron chi connectivity index (χ2n) is 10.8. The van der Waals surface area contributed by atoms with Crippen LogP contribution in [-0.2, 0) is 24.0 Å². The maximum atomic E-state index is 12.8. The summed E-state index contributed by atoms with van der Waals surface area (Å²) >= 11 is 0. The van der Waals surface area contributed by atoms with Gasteiger partial charge in [-0.25, -0.2) is 9.78 Å². The van der Waals surface area contributed by atoms with Gasteiger partial charge in [0, 0.05) is 31.8 Å². The summed E-state index contributed by atoms with van der Waals surface area (Å²) in [5, 5.41) is 8.84. The molecule has 2 bridgehead atoms. The topological polar surface area (TPSA) is 74.2 Å². The molecule has 1 aliphatic carbocycles. The van der Waals surface area contributed by atoms with E-state index < -0.39 is 17.7 Å². The summed E-state index contributed by atoms with van der Waals surface area (Å²) in [6.45, 7) is 6.77. The first-order chi connectivity index (χ1) is 14.9. The molecule has 4 saturated heterocycles. The largest absolute Gasteiger partial charge is 0.396 e. The van der Waals surface area contributed by atoms with Gasteiger partial charge in [0.05, 0.1) is 6.10 Å². The van der Waals surface area contributed by atoms with E-state index in [-0.39, 0.29) is 18.6 Å². The van der Waals surface area contributed by atoms with Gasteiger partial charge in [-0.3, -0.25) is 4.79 Å². The van der Waals surface area contributed by atoms with Crippen molar-refractivity contribution in [3.63, 3.8) is 0 Å². The van der Waals surface area contributed by atoms with Gasteiger partial charge >= 0.3 is 0 Å². The molecular weight excluding hydrogens is 396 g/mol. The highest BCUT2D eigenvalue weighted by Gasteiger charge is 2.69. The predicted octanol–water partition coefficient (Wildman–Crippen LogP) is 4.92. The van der Waals surface area contributed by atoms with E-state index in [0.717, 1.165) is 57.8 Å². The van der Waals surface area contributed by atoms with E-state index >= 15 is 0 Å². The third-order valence-electron chi connectivity index (χ3n) is 8.59. The molecule has 4 aliphatic heterocycles. The smallest absolute Gasteiger partial charge is 0.201 e.